The second kappa shape index (κ2) is 7.70. The van der Waals surface area contributed by atoms with Crippen LogP contribution in [-0.4, -0.2) is 0 Å². The third-order valence-corrected chi connectivity index (χ3v) is 0.828. The maximum Gasteiger partial charge on any atom is -0.0623 e. The highest BCUT2D eigenvalue weighted by molar-refractivity contribution is 5.16. The van der Waals surface area contributed by atoms with Gasteiger partial charge in [-0.25, -0.2) is 0 Å². The van der Waals surface area contributed by atoms with Gasteiger partial charge in [0.2, 0.25) is 0 Å². The molecular formula is C10H12. The first-order chi connectivity index (χ1) is 4.91. The van der Waals surface area contributed by atoms with E-state index >= 15 is 0 Å². The van der Waals surface area contributed by atoms with E-state index < -0.39 is 0 Å². The molecule has 0 spiro atoms. The Balaban J connectivity index is 3.55. The molecule has 0 heteroatoms. The quantitative estimate of drug-likeness (QED) is 0.516. The van der Waals surface area contributed by atoms with Crippen LogP contribution in [0.2, 0.25) is 0 Å². The summed E-state index contributed by atoms with van der Waals surface area (Å²) in [6.07, 6.45) is 14.9. The Kier molecular flexibility index (Phi) is 6.70. The summed E-state index contributed by atoms with van der Waals surface area (Å²) >= 11 is 0. The molecule has 0 saturated heterocycles. The number of hydrogen-bond donors (Lipinski definition) is 0. The van der Waals surface area contributed by atoms with Crippen molar-refractivity contribution in [1.82, 2.24) is 0 Å². The number of rotatable bonds is 4. The van der Waals surface area contributed by atoms with Crippen LogP contribution in [0.5, 0.6) is 0 Å². The predicted octanol–water partition coefficient (Wildman–Crippen LogP) is 3.03. The van der Waals surface area contributed by atoms with Gasteiger partial charge < -0.3 is 0 Å². The Morgan fingerprint density at radius 2 is 0.800 bits per heavy atom. The second-order valence-electron chi connectivity index (χ2n) is 1.63. The Morgan fingerprint density at radius 3 is 1.10 bits per heavy atom. The highest BCUT2D eigenvalue weighted by Gasteiger charge is 1.58. The van der Waals surface area contributed by atoms with Crippen LogP contribution in [0, 0.1) is 0 Å². The van der Waals surface area contributed by atoms with E-state index in [2.05, 4.69) is 13.2 Å². The molecule has 0 aromatic heterocycles. The molecule has 0 N–H and O–H groups in total. The highest BCUT2D eigenvalue weighted by Crippen LogP contribution is 1.80. The average Bonchev–Trinajstić information content (AvgIpc) is 1.97. The van der Waals surface area contributed by atoms with Crippen molar-refractivity contribution in [1.29, 1.82) is 0 Å². The van der Waals surface area contributed by atoms with Crippen LogP contribution < -0.4 is 0 Å². The lowest BCUT2D eigenvalue weighted by molar-refractivity contribution is 1.88. The molecule has 0 heterocycles. The third kappa shape index (κ3) is 6.70. The van der Waals surface area contributed by atoms with Gasteiger partial charge in [-0.1, -0.05) is 61.8 Å². The molecule has 0 saturated carbocycles. The van der Waals surface area contributed by atoms with Crippen molar-refractivity contribution >= 4 is 0 Å². The largest absolute Gasteiger partial charge is 0.0991 e. The minimum absolute atomic E-state index is 1.74. The molecule has 0 aliphatic heterocycles. The lowest BCUT2D eigenvalue weighted by Gasteiger charge is -1.70. The lowest BCUT2D eigenvalue weighted by Crippen LogP contribution is -1.48. The molecule has 0 rings (SSSR count). The fraction of sp³-hybridized carbons (Fsp3) is 0. The van der Waals surface area contributed by atoms with Gasteiger partial charge in [-0.15, -0.1) is 0 Å². The minimum Gasteiger partial charge on any atom is -0.0991 e. The molecule has 0 aromatic carbocycles. The van der Waals surface area contributed by atoms with Crippen LogP contribution in [0.15, 0.2) is 61.8 Å². The number of allylic oxidation sites excluding steroid dienone is 8. The maximum absolute atomic E-state index is 3.54. The van der Waals surface area contributed by atoms with Crippen molar-refractivity contribution in [2.24, 2.45) is 0 Å². The molecule has 0 atom stereocenters. The van der Waals surface area contributed by atoms with E-state index in [1.54, 1.807) is 12.2 Å². The summed E-state index contributed by atoms with van der Waals surface area (Å²) in [5.74, 6) is 0. The first kappa shape index (κ1) is 8.70. The molecule has 0 amide bonds. The van der Waals surface area contributed by atoms with Gasteiger partial charge in [0.15, 0.2) is 0 Å². The standard InChI is InChI=1S/C10H12/c1-3-5-7-9-10-8-6-4-2/h3-10H,1-2H2/b7-5-,8-6-,10-9-. The summed E-state index contributed by atoms with van der Waals surface area (Å²) in [7, 11) is 0. The van der Waals surface area contributed by atoms with E-state index in [9.17, 15) is 0 Å². The highest BCUT2D eigenvalue weighted by atomic mass is 13.7. The Morgan fingerprint density at radius 1 is 0.500 bits per heavy atom. The van der Waals surface area contributed by atoms with Crippen molar-refractivity contribution in [2.75, 3.05) is 0 Å². The van der Waals surface area contributed by atoms with Crippen molar-refractivity contribution in [3.63, 3.8) is 0 Å². The zero-order valence-corrected chi connectivity index (χ0v) is 6.03. The molecular weight excluding hydrogens is 120 g/mol. The average molecular weight is 132 g/mol. The maximum atomic E-state index is 3.54. The van der Waals surface area contributed by atoms with E-state index in [1.807, 2.05) is 36.5 Å². The van der Waals surface area contributed by atoms with E-state index in [0.717, 1.165) is 0 Å². The van der Waals surface area contributed by atoms with Gasteiger partial charge in [-0.2, -0.15) is 0 Å². The normalized spacial score (nSPS) is 11.6. The summed E-state index contributed by atoms with van der Waals surface area (Å²) in [6, 6.07) is 0. The third-order valence-electron chi connectivity index (χ3n) is 0.828. The second-order valence-corrected chi connectivity index (χ2v) is 1.63. The molecule has 10 heavy (non-hydrogen) atoms. The van der Waals surface area contributed by atoms with E-state index in [0.29, 0.717) is 0 Å². The van der Waals surface area contributed by atoms with Crippen LogP contribution in [0.1, 0.15) is 0 Å². The van der Waals surface area contributed by atoms with Crippen molar-refractivity contribution in [3.05, 3.63) is 61.8 Å². The molecule has 0 aromatic rings. The fourth-order valence-corrected chi connectivity index (χ4v) is 0.414. The summed E-state index contributed by atoms with van der Waals surface area (Å²) in [5.41, 5.74) is 0. The van der Waals surface area contributed by atoms with Crippen molar-refractivity contribution in [2.45, 2.75) is 0 Å². The van der Waals surface area contributed by atoms with Crippen LogP contribution in [0.3, 0.4) is 0 Å². The van der Waals surface area contributed by atoms with E-state index in [4.69, 9.17) is 0 Å². The monoisotopic (exact) mass is 132 g/mol. The van der Waals surface area contributed by atoms with Crippen LogP contribution in [0.4, 0.5) is 0 Å². The minimum atomic E-state index is 1.74. The van der Waals surface area contributed by atoms with Gasteiger partial charge in [-0.3, -0.25) is 0 Å². The Hall–Kier alpha value is -1.30. The van der Waals surface area contributed by atoms with Gasteiger partial charge >= 0.3 is 0 Å². The first-order valence-electron chi connectivity index (χ1n) is 3.15. The van der Waals surface area contributed by atoms with Crippen LogP contribution in [-0.2, 0) is 0 Å². The summed E-state index contributed by atoms with van der Waals surface area (Å²) < 4.78 is 0. The molecule has 0 unspecified atom stereocenters. The molecule has 0 fully saturated rings. The fourth-order valence-electron chi connectivity index (χ4n) is 0.414. The summed E-state index contributed by atoms with van der Waals surface area (Å²) in [6.45, 7) is 7.08. The SMILES string of the molecule is C=C\C=C/C=C\C=C/C=C. The molecule has 0 aliphatic rings. The molecule has 0 aliphatic carbocycles. The lowest BCUT2D eigenvalue weighted by atomic mass is 10.4. The number of hydrogen-bond acceptors (Lipinski definition) is 0. The van der Waals surface area contributed by atoms with Gasteiger partial charge in [0, 0.05) is 0 Å². The molecule has 0 bridgehead atoms. The van der Waals surface area contributed by atoms with Crippen molar-refractivity contribution in [3.8, 4) is 0 Å². The Labute approximate surface area is 62.6 Å². The molecule has 0 nitrogen and oxygen atoms in total. The summed E-state index contributed by atoms with van der Waals surface area (Å²) in [5, 5.41) is 0. The van der Waals surface area contributed by atoms with Gasteiger partial charge in [-0.05, 0) is 0 Å². The smallest absolute Gasteiger partial charge is 0.0623 e. The van der Waals surface area contributed by atoms with E-state index in [1.165, 1.54) is 0 Å². The predicted molar refractivity (Wildman–Crippen MR) is 47.8 cm³/mol. The Bertz CT molecular complexity index is 148. The van der Waals surface area contributed by atoms with E-state index in [-0.39, 0.29) is 0 Å². The van der Waals surface area contributed by atoms with Crippen LogP contribution in [0.25, 0.3) is 0 Å². The first-order valence-corrected chi connectivity index (χ1v) is 3.15. The van der Waals surface area contributed by atoms with Crippen molar-refractivity contribution < 1.29 is 0 Å². The summed E-state index contributed by atoms with van der Waals surface area (Å²) in [4.78, 5) is 0. The zero-order valence-electron chi connectivity index (χ0n) is 6.03. The molecule has 52 valence electrons. The van der Waals surface area contributed by atoms with Gasteiger partial charge in [0.05, 0.1) is 0 Å². The van der Waals surface area contributed by atoms with Crippen LogP contribution >= 0.6 is 0 Å². The zero-order chi connectivity index (χ0) is 7.66. The molecule has 0 radical (unpaired) electrons. The van der Waals surface area contributed by atoms with Gasteiger partial charge in [0.25, 0.3) is 0 Å². The topological polar surface area (TPSA) is 0 Å². The van der Waals surface area contributed by atoms with Gasteiger partial charge in [0.1, 0.15) is 0 Å².